The van der Waals surface area contributed by atoms with E-state index in [-0.39, 0.29) is 10.9 Å². The van der Waals surface area contributed by atoms with Crippen LogP contribution in [0, 0.1) is 0 Å². The van der Waals surface area contributed by atoms with Crippen LogP contribution < -0.4 is 0 Å². The molecular weight excluding hydrogens is 490 g/mol. The Labute approximate surface area is 138 Å². The highest BCUT2D eigenvalue weighted by Crippen LogP contribution is 2.44. The molecule has 0 aliphatic rings. The Kier molecular flexibility index (Phi) is 4.71. The first-order valence-corrected chi connectivity index (χ1v) is 9.41. The van der Waals surface area contributed by atoms with Gasteiger partial charge in [-0.1, -0.05) is 6.07 Å². The Morgan fingerprint density at radius 2 is 2.05 bits per heavy atom. The van der Waals surface area contributed by atoms with Gasteiger partial charge in [0.05, 0.1) is 10.2 Å². The number of aromatic nitrogens is 1. The van der Waals surface area contributed by atoms with Crippen LogP contribution in [0.25, 0.3) is 10.2 Å². The monoisotopic (exact) mass is 493 g/mol. The lowest BCUT2D eigenvalue weighted by Gasteiger charge is -2.09. The Balaban J connectivity index is 2.54. The van der Waals surface area contributed by atoms with Crippen LogP contribution in [0.5, 0.6) is 0 Å². The largest absolute Gasteiger partial charge is 0.251 e. The molecule has 0 radical (unpaired) electrons. The van der Waals surface area contributed by atoms with Crippen molar-refractivity contribution >= 4 is 79.2 Å². The number of alkyl halides is 3. The molecule has 1 aromatic carbocycles. The van der Waals surface area contributed by atoms with E-state index in [2.05, 4.69) is 57.7 Å². The molecule has 0 atom stereocenters. The van der Waals surface area contributed by atoms with E-state index >= 15 is 0 Å². The molecule has 1 heterocycles. The predicted molar refractivity (Wildman–Crippen MR) is 83.7 cm³/mol. The van der Waals surface area contributed by atoms with Gasteiger partial charge in [0, 0.05) is 0 Å². The quantitative estimate of drug-likeness (QED) is 0.397. The van der Waals surface area contributed by atoms with E-state index < -0.39 is 11.3 Å². The maximum atomic E-state index is 12.2. The van der Waals surface area contributed by atoms with Gasteiger partial charge in [0.1, 0.15) is 6.61 Å². The van der Waals surface area contributed by atoms with E-state index in [0.29, 0.717) is 11.1 Å². The zero-order chi connectivity index (χ0) is 14.3. The zero-order valence-electron chi connectivity index (χ0n) is 9.01. The molecule has 2 aromatic rings. The van der Waals surface area contributed by atoms with Gasteiger partial charge in [-0.15, -0.1) is 11.3 Å². The molecule has 0 saturated heterocycles. The number of fused-ring (bicyclic) bond motifs is 1. The smallest absolute Gasteiger partial charge is 0.241 e. The van der Waals surface area contributed by atoms with Gasteiger partial charge in [-0.25, -0.2) is 18.3 Å². The fraction of sp³-hybridized carbons (Fsp3) is 0.222. The first kappa shape index (κ1) is 15.8. The Hall–Kier alpha value is 0.420. The number of rotatable bonds is 3. The number of halogens is 3. The Bertz CT molecular complexity index is 708. The highest BCUT2D eigenvalue weighted by molar-refractivity contribution is 9.42. The van der Waals surface area contributed by atoms with Crippen molar-refractivity contribution in [1.29, 1.82) is 0 Å². The molecule has 0 saturated carbocycles. The van der Waals surface area contributed by atoms with E-state index in [1.165, 1.54) is 0 Å². The molecule has 1 N–H and O–H groups in total. The van der Waals surface area contributed by atoms with Crippen LogP contribution in [0.3, 0.4) is 0 Å². The molecular formula is C9H6Br3NO4S2. The SMILES string of the molecule is O=S(=O)(c1nc2cc(COO)ccc2s1)C(Br)(Br)Br. The van der Waals surface area contributed by atoms with Crippen LogP contribution in [-0.4, -0.2) is 20.1 Å². The fourth-order valence-corrected chi connectivity index (χ4v) is 5.85. The van der Waals surface area contributed by atoms with Crippen LogP contribution >= 0.6 is 59.1 Å². The molecule has 19 heavy (non-hydrogen) atoms. The minimum Gasteiger partial charge on any atom is -0.251 e. The molecule has 104 valence electrons. The van der Waals surface area contributed by atoms with Crippen LogP contribution in [-0.2, 0) is 21.3 Å². The second-order valence-electron chi connectivity index (χ2n) is 3.50. The first-order valence-electron chi connectivity index (χ1n) is 4.73. The van der Waals surface area contributed by atoms with E-state index in [9.17, 15) is 8.42 Å². The van der Waals surface area contributed by atoms with Gasteiger partial charge in [0.15, 0.2) is 0 Å². The summed E-state index contributed by atoms with van der Waals surface area (Å²) in [7, 11) is -3.69. The minimum absolute atomic E-state index is 0.0183. The molecule has 0 fully saturated rings. The van der Waals surface area contributed by atoms with Gasteiger partial charge in [-0.2, -0.15) is 0 Å². The standard InChI is InChI=1S/C9H6Br3NO4S2/c10-9(11,12)19(15,16)8-13-6-3-5(4-17-14)1-2-7(6)18-8/h1-3,14H,4H2. The number of benzene rings is 1. The van der Waals surface area contributed by atoms with Crippen molar-refractivity contribution in [3.8, 4) is 0 Å². The van der Waals surface area contributed by atoms with Crippen LogP contribution in [0.4, 0.5) is 0 Å². The average Bonchev–Trinajstić information content (AvgIpc) is 2.71. The van der Waals surface area contributed by atoms with E-state index in [1.807, 2.05) is 0 Å². The Morgan fingerprint density at radius 3 is 2.63 bits per heavy atom. The van der Waals surface area contributed by atoms with Crippen LogP contribution in [0.1, 0.15) is 5.56 Å². The van der Waals surface area contributed by atoms with Crippen molar-refractivity contribution in [1.82, 2.24) is 4.98 Å². The molecule has 10 heteroatoms. The van der Waals surface area contributed by atoms with Crippen LogP contribution in [0.2, 0.25) is 0 Å². The van der Waals surface area contributed by atoms with Crippen molar-refractivity contribution in [3.63, 3.8) is 0 Å². The average molecular weight is 496 g/mol. The van der Waals surface area contributed by atoms with Crippen molar-refractivity contribution < 1.29 is 18.6 Å². The van der Waals surface area contributed by atoms with Gasteiger partial charge < -0.3 is 0 Å². The summed E-state index contributed by atoms with van der Waals surface area (Å²) in [4.78, 5) is 8.14. The molecule has 0 spiro atoms. The summed E-state index contributed by atoms with van der Waals surface area (Å²) < 4.78 is 23.6. The molecule has 2 rings (SSSR count). The summed E-state index contributed by atoms with van der Waals surface area (Å²) in [6.07, 6.45) is 0. The van der Waals surface area contributed by atoms with Gasteiger partial charge in [0.25, 0.3) is 0 Å². The summed E-state index contributed by atoms with van der Waals surface area (Å²) in [5.74, 6) is 0. The number of thiazole rings is 1. The maximum absolute atomic E-state index is 12.2. The normalized spacial score (nSPS) is 13.1. The number of nitrogens with zero attached hydrogens (tertiary/aromatic N) is 1. The molecule has 0 aliphatic heterocycles. The molecule has 1 aromatic heterocycles. The van der Waals surface area contributed by atoms with Crippen molar-refractivity contribution in [2.45, 2.75) is 12.4 Å². The number of sulfone groups is 1. The zero-order valence-corrected chi connectivity index (χ0v) is 15.4. The second kappa shape index (κ2) is 5.66. The minimum atomic E-state index is -3.69. The maximum Gasteiger partial charge on any atom is 0.241 e. The molecule has 0 unspecified atom stereocenters. The third-order valence-electron chi connectivity index (χ3n) is 2.20. The lowest BCUT2D eigenvalue weighted by Crippen LogP contribution is -2.17. The molecule has 5 nitrogen and oxygen atoms in total. The second-order valence-corrected chi connectivity index (χ2v) is 15.1. The molecule has 0 amide bonds. The molecule has 0 bridgehead atoms. The summed E-state index contributed by atoms with van der Waals surface area (Å²) in [5.41, 5.74) is 1.24. The summed E-state index contributed by atoms with van der Waals surface area (Å²) in [5, 5.41) is 8.40. The summed E-state index contributed by atoms with van der Waals surface area (Å²) >= 11 is 10.0. The molecule has 0 aliphatic carbocycles. The third kappa shape index (κ3) is 3.20. The lowest BCUT2D eigenvalue weighted by molar-refractivity contribution is -0.252. The van der Waals surface area contributed by atoms with Crippen molar-refractivity contribution in [3.05, 3.63) is 23.8 Å². The van der Waals surface area contributed by atoms with E-state index in [0.717, 1.165) is 16.0 Å². The van der Waals surface area contributed by atoms with Crippen molar-refractivity contribution in [2.75, 3.05) is 0 Å². The number of hydrogen-bond donors (Lipinski definition) is 1. The van der Waals surface area contributed by atoms with Crippen LogP contribution in [0.15, 0.2) is 22.5 Å². The predicted octanol–water partition coefficient (Wildman–Crippen LogP) is 3.86. The fourth-order valence-electron chi connectivity index (χ4n) is 1.33. The topological polar surface area (TPSA) is 76.5 Å². The highest BCUT2D eigenvalue weighted by atomic mass is 80.0. The van der Waals surface area contributed by atoms with E-state index in [1.54, 1.807) is 18.2 Å². The van der Waals surface area contributed by atoms with Crippen molar-refractivity contribution in [2.24, 2.45) is 0 Å². The first-order chi connectivity index (χ1) is 8.75. The highest BCUT2D eigenvalue weighted by Gasteiger charge is 2.39. The summed E-state index contributed by atoms with van der Waals surface area (Å²) in [6, 6.07) is 5.13. The van der Waals surface area contributed by atoms with Gasteiger partial charge in [-0.3, -0.25) is 5.26 Å². The number of hydrogen-bond acceptors (Lipinski definition) is 6. The van der Waals surface area contributed by atoms with E-state index in [4.69, 9.17) is 5.26 Å². The Morgan fingerprint density at radius 1 is 1.37 bits per heavy atom. The van der Waals surface area contributed by atoms with Gasteiger partial charge >= 0.3 is 0 Å². The lowest BCUT2D eigenvalue weighted by atomic mass is 10.2. The summed E-state index contributed by atoms with van der Waals surface area (Å²) in [6.45, 7) is 0.0226. The van der Waals surface area contributed by atoms with Gasteiger partial charge in [-0.05, 0) is 65.5 Å². The third-order valence-corrected chi connectivity index (χ3v) is 8.93. The van der Waals surface area contributed by atoms with Gasteiger partial charge in [0.2, 0.25) is 15.7 Å².